The van der Waals surface area contributed by atoms with Crippen LogP contribution in [0.1, 0.15) is 34.6 Å². The fourth-order valence-electron chi connectivity index (χ4n) is 3.06. The highest BCUT2D eigenvalue weighted by atomic mass is 16.5. The average molecular weight is 386 g/mol. The first kappa shape index (κ1) is 21.3. The molecule has 0 aliphatic carbocycles. The Hall–Kier alpha value is -3.02. The van der Waals surface area contributed by atoms with Crippen LogP contribution in [0.3, 0.4) is 0 Å². The SMILES string of the molecule is COc1ccc(C(=O)C(C(=O)c2ccc(OC)cc2OC)C(C)C)c(OC)c1. The van der Waals surface area contributed by atoms with Crippen molar-refractivity contribution in [2.24, 2.45) is 11.8 Å². The summed E-state index contributed by atoms with van der Waals surface area (Å²) in [5.74, 6) is 0.141. The summed E-state index contributed by atoms with van der Waals surface area (Å²) < 4.78 is 21.1. The van der Waals surface area contributed by atoms with Gasteiger partial charge in [0.05, 0.1) is 45.5 Å². The molecule has 0 aliphatic heterocycles. The zero-order chi connectivity index (χ0) is 20.8. The number of methoxy groups -OCH3 is 4. The molecule has 2 aromatic carbocycles. The summed E-state index contributed by atoms with van der Waals surface area (Å²) in [5.41, 5.74) is 0.672. The van der Waals surface area contributed by atoms with Crippen LogP contribution in [0.2, 0.25) is 0 Å². The van der Waals surface area contributed by atoms with Crippen molar-refractivity contribution in [3.8, 4) is 23.0 Å². The Morgan fingerprint density at radius 1 is 0.679 bits per heavy atom. The molecule has 6 nitrogen and oxygen atoms in total. The maximum atomic E-state index is 13.3. The Morgan fingerprint density at radius 2 is 1.07 bits per heavy atom. The van der Waals surface area contributed by atoms with Crippen LogP contribution in [-0.2, 0) is 0 Å². The summed E-state index contributed by atoms with van der Waals surface area (Å²) >= 11 is 0. The lowest BCUT2D eigenvalue weighted by Gasteiger charge is -2.21. The van der Waals surface area contributed by atoms with E-state index in [1.54, 1.807) is 36.4 Å². The molecular formula is C22H26O6. The Kier molecular flexibility index (Phi) is 7.04. The number of ether oxygens (including phenoxy) is 4. The minimum atomic E-state index is -0.885. The summed E-state index contributed by atoms with van der Waals surface area (Å²) in [4.78, 5) is 26.6. The van der Waals surface area contributed by atoms with Crippen molar-refractivity contribution in [1.82, 2.24) is 0 Å². The number of Topliss-reactive ketones (excluding diaryl/α,β-unsaturated/α-hetero) is 2. The van der Waals surface area contributed by atoms with Crippen molar-refractivity contribution in [1.29, 1.82) is 0 Å². The van der Waals surface area contributed by atoms with Gasteiger partial charge in [-0.25, -0.2) is 0 Å². The van der Waals surface area contributed by atoms with Crippen LogP contribution >= 0.6 is 0 Å². The van der Waals surface area contributed by atoms with Crippen molar-refractivity contribution in [3.05, 3.63) is 47.5 Å². The largest absolute Gasteiger partial charge is 0.497 e. The summed E-state index contributed by atoms with van der Waals surface area (Å²) in [7, 11) is 6.02. The molecule has 0 aliphatic rings. The second-order valence-corrected chi connectivity index (χ2v) is 6.58. The van der Waals surface area contributed by atoms with E-state index in [2.05, 4.69) is 0 Å². The van der Waals surface area contributed by atoms with Crippen molar-refractivity contribution in [2.45, 2.75) is 13.8 Å². The van der Waals surface area contributed by atoms with E-state index in [4.69, 9.17) is 18.9 Å². The Bertz CT molecular complexity index is 789. The highest BCUT2D eigenvalue weighted by molar-refractivity contribution is 6.18. The highest BCUT2D eigenvalue weighted by Crippen LogP contribution is 2.33. The maximum absolute atomic E-state index is 13.3. The van der Waals surface area contributed by atoms with Gasteiger partial charge < -0.3 is 18.9 Å². The average Bonchev–Trinajstić information content (AvgIpc) is 2.72. The van der Waals surface area contributed by atoms with Crippen LogP contribution in [0, 0.1) is 11.8 Å². The second kappa shape index (κ2) is 9.26. The molecule has 6 heteroatoms. The van der Waals surface area contributed by atoms with E-state index in [1.165, 1.54) is 28.4 Å². The van der Waals surface area contributed by atoms with Crippen LogP contribution in [0.15, 0.2) is 36.4 Å². The van der Waals surface area contributed by atoms with Crippen LogP contribution in [-0.4, -0.2) is 40.0 Å². The molecule has 0 amide bonds. The predicted octanol–water partition coefficient (Wildman–Crippen LogP) is 4.06. The molecule has 0 spiro atoms. The van der Waals surface area contributed by atoms with E-state index in [0.29, 0.717) is 34.1 Å². The number of carbonyl (C=O) groups excluding carboxylic acids is 2. The molecule has 28 heavy (non-hydrogen) atoms. The number of hydrogen-bond donors (Lipinski definition) is 0. The molecule has 150 valence electrons. The molecule has 0 saturated carbocycles. The first-order valence-corrected chi connectivity index (χ1v) is 8.90. The lowest BCUT2D eigenvalue weighted by molar-refractivity contribution is 0.0763. The third kappa shape index (κ3) is 4.27. The molecule has 0 unspecified atom stereocenters. The first-order chi connectivity index (χ1) is 13.4. The Balaban J connectivity index is 2.48. The monoisotopic (exact) mass is 386 g/mol. The molecule has 0 radical (unpaired) electrons. The van der Waals surface area contributed by atoms with Crippen molar-refractivity contribution in [3.63, 3.8) is 0 Å². The van der Waals surface area contributed by atoms with E-state index in [1.807, 2.05) is 13.8 Å². The maximum Gasteiger partial charge on any atom is 0.177 e. The highest BCUT2D eigenvalue weighted by Gasteiger charge is 2.34. The summed E-state index contributed by atoms with van der Waals surface area (Å²) in [6, 6.07) is 9.84. The fourth-order valence-corrected chi connectivity index (χ4v) is 3.06. The third-order valence-corrected chi connectivity index (χ3v) is 4.58. The summed E-state index contributed by atoms with van der Waals surface area (Å²) in [6.07, 6.45) is 0. The molecule has 0 atom stereocenters. The van der Waals surface area contributed by atoms with Gasteiger partial charge in [0, 0.05) is 12.1 Å². The molecule has 0 N–H and O–H groups in total. The molecule has 0 aromatic heterocycles. The number of ketones is 2. The first-order valence-electron chi connectivity index (χ1n) is 8.90. The van der Waals surface area contributed by atoms with Gasteiger partial charge in [0.2, 0.25) is 0 Å². The second-order valence-electron chi connectivity index (χ2n) is 6.58. The van der Waals surface area contributed by atoms with Gasteiger partial charge in [-0.2, -0.15) is 0 Å². The number of carbonyl (C=O) groups is 2. The zero-order valence-electron chi connectivity index (χ0n) is 17.1. The number of benzene rings is 2. The summed E-state index contributed by atoms with van der Waals surface area (Å²) in [5, 5.41) is 0. The molecule has 2 aromatic rings. The summed E-state index contributed by atoms with van der Waals surface area (Å²) in [6.45, 7) is 3.68. The van der Waals surface area contributed by atoms with Crippen molar-refractivity contribution in [2.75, 3.05) is 28.4 Å². The van der Waals surface area contributed by atoms with Gasteiger partial charge >= 0.3 is 0 Å². The van der Waals surface area contributed by atoms with E-state index in [9.17, 15) is 9.59 Å². The third-order valence-electron chi connectivity index (χ3n) is 4.58. The van der Waals surface area contributed by atoms with Gasteiger partial charge in [-0.05, 0) is 30.2 Å². The smallest absolute Gasteiger partial charge is 0.177 e. The number of hydrogen-bond acceptors (Lipinski definition) is 6. The van der Waals surface area contributed by atoms with Crippen LogP contribution in [0.4, 0.5) is 0 Å². The molecule has 0 fully saturated rings. The van der Waals surface area contributed by atoms with Gasteiger partial charge in [-0.1, -0.05) is 13.8 Å². The van der Waals surface area contributed by atoms with E-state index in [0.717, 1.165) is 0 Å². The van der Waals surface area contributed by atoms with Gasteiger partial charge in [-0.3, -0.25) is 9.59 Å². The molecule has 0 saturated heterocycles. The van der Waals surface area contributed by atoms with E-state index < -0.39 is 5.92 Å². The zero-order valence-corrected chi connectivity index (χ0v) is 17.1. The van der Waals surface area contributed by atoms with Crippen molar-refractivity contribution >= 4 is 11.6 Å². The van der Waals surface area contributed by atoms with Crippen molar-refractivity contribution < 1.29 is 28.5 Å². The predicted molar refractivity (Wildman–Crippen MR) is 106 cm³/mol. The molecule has 2 rings (SSSR count). The quantitative estimate of drug-likeness (QED) is 0.478. The van der Waals surface area contributed by atoms with Crippen LogP contribution in [0.5, 0.6) is 23.0 Å². The molecule has 0 heterocycles. The van der Waals surface area contributed by atoms with Gasteiger partial charge in [0.15, 0.2) is 11.6 Å². The van der Waals surface area contributed by atoms with E-state index >= 15 is 0 Å². The van der Waals surface area contributed by atoms with Crippen LogP contribution < -0.4 is 18.9 Å². The number of rotatable bonds is 9. The standard InChI is InChI=1S/C22H26O6/c1-13(2)20(21(23)16-9-7-14(25-3)11-18(16)27-5)22(24)17-10-8-15(26-4)12-19(17)28-6/h7-13,20H,1-6H3. The Morgan fingerprint density at radius 3 is 1.36 bits per heavy atom. The lowest BCUT2D eigenvalue weighted by atomic mass is 9.81. The molecular weight excluding hydrogens is 360 g/mol. The minimum absolute atomic E-state index is 0.224. The Labute approximate surface area is 165 Å². The van der Waals surface area contributed by atoms with Crippen LogP contribution in [0.25, 0.3) is 0 Å². The topological polar surface area (TPSA) is 71.1 Å². The lowest BCUT2D eigenvalue weighted by Crippen LogP contribution is -2.30. The molecule has 0 bridgehead atoms. The van der Waals surface area contributed by atoms with E-state index in [-0.39, 0.29) is 17.5 Å². The van der Waals surface area contributed by atoms with Gasteiger partial charge in [0.25, 0.3) is 0 Å². The normalized spacial score (nSPS) is 10.7. The van der Waals surface area contributed by atoms with Gasteiger partial charge in [0.1, 0.15) is 23.0 Å². The fraction of sp³-hybridized carbons (Fsp3) is 0.364. The minimum Gasteiger partial charge on any atom is -0.497 e. The van der Waals surface area contributed by atoms with Gasteiger partial charge in [-0.15, -0.1) is 0 Å².